The number of carboxylic acid groups (broad SMARTS) is 1. The van der Waals surface area contributed by atoms with Crippen molar-refractivity contribution in [3.63, 3.8) is 0 Å². The maximum absolute atomic E-state index is 13.3. The Labute approximate surface area is 227 Å². The summed E-state index contributed by atoms with van der Waals surface area (Å²) < 4.78 is 11.4. The van der Waals surface area contributed by atoms with Gasteiger partial charge in [0.25, 0.3) is 0 Å². The van der Waals surface area contributed by atoms with Gasteiger partial charge in [-0.15, -0.1) is 0 Å². The van der Waals surface area contributed by atoms with E-state index in [9.17, 15) is 14.4 Å². The maximum Gasteiger partial charge on any atom is 0.309 e. The van der Waals surface area contributed by atoms with Crippen LogP contribution in [0.2, 0.25) is 0 Å². The Morgan fingerprint density at radius 2 is 1.39 bits per heavy atom. The lowest BCUT2D eigenvalue weighted by molar-refractivity contribution is -0.162. The van der Waals surface area contributed by atoms with Gasteiger partial charge in [0.15, 0.2) is 0 Å². The highest BCUT2D eigenvalue weighted by Crippen LogP contribution is 2.27. The van der Waals surface area contributed by atoms with Gasteiger partial charge in [0.1, 0.15) is 12.2 Å². The Bertz CT molecular complexity index is 991. The summed E-state index contributed by atoms with van der Waals surface area (Å²) in [4.78, 5) is 37.3. The number of aryl methyl sites for hydroxylation is 2. The second kappa shape index (κ2) is 16.0. The van der Waals surface area contributed by atoms with E-state index >= 15 is 0 Å². The van der Waals surface area contributed by atoms with E-state index in [4.69, 9.17) is 14.6 Å². The second-order valence-electron chi connectivity index (χ2n) is 11.0. The summed E-state index contributed by atoms with van der Waals surface area (Å²) >= 11 is 0. The van der Waals surface area contributed by atoms with Crippen LogP contribution < -0.4 is 0 Å². The molecule has 38 heavy (non-hydrogen) atoms. The molecule has 0 aliphatic heterocycles. The molecular weight excluding hydrogens is 480 g/mol. The summed E-state index contributed by atoms with van der Waals surface area (Å²) in [6.07, 6.45) is 5.24. The number of carbonyl (C=O) groups is 3. The summed E-state index contributed by atoms with van der Waals surface area (Å²) in [7, 11) is 0. The fourth-order valence-corrected chi connectivity index (χ4v) is 4.41. The van der Waals surface area contributed by atoms with Crippen LogP contribution in [0.15, 0.2) is 54.6 Å². The van der Waals surface area contributed by atoms with Crippen LogP contribution in [-0.2, 0) is 43.3 Å². The van der Waals surface area contributed by atoms with Gasteiger partial charge in [-0.1, -0.05) is 74.4 Å². The standard InChI is InChI=1S/C32H44O6/c1-5-11-24-16-18-25(19-17-24)20-21-28(30(35)37-23-26-12-7-6-8-13-26)22-27(14-9-10-15-29(33)34)31(36)38-32(2,3)4/h6-8,12-13,16-19,27-28H,5,9-11,14-15,20-23H2,1-4H3,(H,33,34). The normalized spacial score (nSPS) is 12.9. The smallest absolute Gasteiger partial charge is 0.309 e. The highest BCUT2D eigenvalue weighted by atomic mass is 16.6. The molecular formula is C32H44O6. The van der Waals surface area contributed by atoms with E-state index in [1.807, 2.05) is 51.1 Å². The number of esters is 2. The van der Waals surface area contributed by atoms with Gasteiger partial charge in [0, 0.05) is 6.42 Å². The van der Waals surface area contributed by atoms with Crippen LogP contribution in [0.25, 0.3) is 0 Å². The van der Waals surface area contributed by atoms with Crippen molar-refractivity contribution in [2.45, 2.75) is 97.7 Å². The fraction of sp³-hybridized carbons (Fsp3) is 0.531. The van der Waals surface area contributed by atoms with Gasteiger partial charge >= 0.3 is 17.9 Å². The van der Waals surface area contributed by atoms with Gasteiger partial charge in [-0.2, -0.15) is 0 Å². The first-order valence-electron chi connectivity index (χ1n) is 13.8. The Kier molecular flexibility index (Phi) is 13.0. The molecule has 2 aromatic rings. The molecule has 1 N–H and O–H groups in total. The van der Waals surface area contributed by atoms with Crippen molar-refractivity contribution in [2.24, 2.45) is 11.8 Å². The highest BCUT2D eigenvalue weighted by molar-refractivity contribution is 5.76. The van der Waals surface area contributed by atoms with E-state index in [0.29, 0.717) is 38.5 Å². The number of rotatable bonds is 16. The molecule has 0 radical (unpaired) electrons. The summed E-state index contributed by atoms with van der Waals surface area (Å²) in [6.45, 7) is 7.79. The van der Waals surface area contributed by atoms with Crippen LogP contribution >= 0.6 is 0 Å². The van der Waals surface area contributed by atoms with E-state index in [1.165, 1.54) is 5.56 Å². The molecule has 208 valence electrons. The SMILES string of the molecule is CCCc1ccc(CCC(CC(CCCCC(=O)O)C(=O)OC(C)(C)C)C(=O)OCc2ccccc2)cc1. The van der Waals surface area contributed by atoms with Crippen LogP contribution in [0.1, 0.15) is 89.3 Å². The molecule has 0 aliphatic rings. The average molecular weight is 525 g/mol. The second-order valence-corrected chi connectivity index (χ2v) is 11.0. The molecule has 0 spiro atoms. The molecule has 6 nitrogen and oxygen atoms in total. The van der Waals surface area contributed by atoms with E-state index in [-0.39, 0.29) is 25.0 Å². The number of carbonyl (C=O) groups excluding carboxylic acids is 2. The molecule has 2 atom stereocenters. The molecule has 0 saturated carbocycles. The van der Waals surface area contributed by atoms with Crippen molar-refractivity contribution in [1.82, 2.24) is 0 Å². The number of aliphatic carboxylic acids is 1. The van der Waals surface area contributed by atoms with E-state index < -0.39 is 23.4 Å². The van der Waals surface area contributed by atoms with Crippen molar-refractivity contribution < 1.29 is 29.0 Å². The predicted molar refractivity (Wildman–Crippen MR) is 149 cm³/mol. The van der Waals surface area contributed by atoms with Crippen LogP contribution in [0.5, 0.6) is 0 Å². The molecule has 0 bridgehead atoms. The van der Waals surface area contributed by atoms with Crippen LogP contribution in [0.4, 0.5) is 0 Å². The zero-order valence-electron chi connectivity index (χ0n) is 23.4. The third-order valence-corrected chi connectivity index (χ3v) is 6.40. The van der Waals surface area contributed by atoms with Crippen molar-refractivity contribution in [3.05, 3.63) is 71.3 Å². The van der Waals surface area contributed by atoms with Crippen LogP contribution in [0.3, 0.4) is 0 Å². The number of ether oxygens (including phenoxy) is 2. The summed E-state index contributed by atoms with van der Waals surface area (Å²) in [5, 5.41) is 8.98. The molecule has 0 fully saturated rings. The van der Waals surface area contributed by atoms with Crippen molar-refractivity contribution >= 4 is 17.9 Å². The molecule has 2 unspecified atom stereocenters. The largest absolute Gasteiger partial charge is 0.481 e. The Balaban J connectivity index is 2.15. The quantitative estimate of drug-likeness (QED) is 0.189. The Morgan fingerprint density at radius 1 is 0.789 bits per heavy atom. The Hall–Kier alpha value is -3.15. The minimum Gasteiger partial charge on any atom is -0.481 e. The molecule has 6 heteroatoms. The third-order valence-electron chi connectivity index (χ3n) is 6.40. The van der Waals surface area contributed by atoms with Crippen LogP contribution in [-0.4, -0.2) is 28.6 Å². The van der Waals surface area contributed by atoms with Gasteiger partial charge in [-0.25, -0.2) is 0 Å². The first-order chi connectivity index (χ1) is 18.1. The van der Waals surface area contributed by atoms with E-state index in [1.54, 1.807) is 0 Å². The number of benzene rings is 2. The zero-order valence-corrected chi connectivity index (χ0v) is 23.4. The molecule has 2 aromatic carbocycles. The summed E-state index contributed by atoms with van der Waals surface area (Å²) in [5.41, 5.74) is 2.69. The monoisotopic (exact) mass is 524 g/mol. The lowest BCUT2D eigenvalue weighted by Crippen LogP contribution is -2.31. The number of unbranched alkanes of at least 4 members (excludes halogenated alkanes) is 1. The molecule has 0 amide bonds. The first kappa shape index (κ1) is 31.1. The van der Waals surface area contributed by atoms with Gasteiger partial charge in [-0.3, -0.25) is 14.4 Å². The molecule has 0 saturated heterocycles. The van der Waals surface area contributed by atoms with Gasteiger partial charge in [-0.05, 0) is 76.0 Å². The van der Waals surface area contributed by atoms with Gasteiger partial charge in [0.2, 0.25) is 0 Å². The van der Waals surface area contributed by atoms with Crippen molar-refractivity contribution in [2.75, 3.05) is 0 Å². The lowest BCUT2D eigenvalue weighted by Gasteiger charge is -2.26. The zero-order chi connectivity index (χ0) is 28.0. The average Bonchev–Trinajstić information content (AvgIpc) is 2.86. The molecule has 0 aromatic heterocycles. The molecule has 2 rings (SSSR count). The topological polar surface area (TPSA) is 89.9 Å². The minimum absolute atomic E-state index is 0.0532. The summed E-state index contributed by atoms with van der Waals surface area (Å²) in [5.74, 6) is -2.52. The number of hydrogen-bond acceptors (Lipinski definition) is 5. The number of carboxylic acids is 1. The summed E-state index contributed by atoms with van der Waals surface area (Å²) in [6, 6.07) is 18.0. The van der Waals surface area contributed by atoms with Crippen molar-refractivity contribution in [3.8, 4) is 0 Å². The molecule has 0 heterocycles. The molecule has 0 aliphatic carbocycles. The fourth-order valence-electron chi connectivity index (χ4n) is 4.41. The maximum atomic E-state index is 13.3. The van der Waals surface area contributed by atoms with Crippen LogP contribution in [0, 0.1) is 11.8 Å². The van der Waals surface area contributed by atoms with E-state index in [0.717, 1.165) is 24.0 Å². The van der Waals surface area contributed by atoms with E-state index in [2.05, 4.69) is 31.2 Å². The van der Waals surface area contributed by atoms with Crippen molar-refractivity contribution in [1.29, 1.82) is 0 Å². The van der Waals surface area contributed by atoms with Gasteiger partial charge in [0.05, 0.1) is 11.8 Å². The predicted octanol–water partition coefficient (Wildman–Crippen LogP) is 6.92. The minimum atomic E-state index is -0.855. The lowest BCUT2D eigenvalue weighted by atomic mass is 9.86. The first-order valence-corrected chi connectivity index (χ1v) is 13.8. The van der Waals surface area contributed by atoms with Gasteiger partial charge < -0.3 is 14.6 Å². The number of hydrogen-bond donors (Lipinski definition) is 1. The third kappa shape index (κ3) is 12.4. The Morgan fingerprint density at radius 3 is 1.97 bits per heavy atom. The highest BCUT2D eigenvalue weighted by Gasteiger charge is 2.31.